The normalized spacial score (nSPS) is 13.1. The third kappa shape index (κ3) is 8.88. The van der Waals surface area contributed by atoms with E-state index in [-0.39, 0.29) is 18.4 Å². The van der Waals surface area contributed by atoms with E-state index >= 15 is 0 Å². The van der Waals surface area contributed by atoms with Gasteiger partial charge in [0.05, 0.1) is 53.5 Å². The van der Waals surface area contributed by atoms with Gasteiger partial charge in [-0.1, -0.05) is 19.8 Å². The van der Waals surface area contributed by atoms with Crippen LogP contribution in [0.1, 0.15) is 68.6 Å². The van der Waals surface area contributed by atoms with Gasteiger partial charge in [-0.15, -0.1) is 5.06 Å². The molecule has 0 aromatic heterocycles. The molecular formula is C26H41N4O5+. The summed E-state index contributed by atoms with van der Waals surface area (Å²) in [6.07, 6.45) is 6.82. The van der Waals surface area contributed by atoms with Gasteiger partial charge in [-0.05, 0) is 49.9 Å². The number of hydrogen-bond acceptors (Lipinski definition) is 5. The van der Waals surface area contributed by atoms with Gasteiger partial charge in [0.2, 0.25) is 0 Å². The highest BCUT2D eigenvalue weighted by atomic mass is 16.7. The van der Waals surface area contributed by atoms with Crippen LogP contribution in [0.3, 0.4) is 0 Å². The topological polar surface area (TPSA) is 82.4 Å². The quantitative estimate of drug-likeness (QED) is 0.138. The van der Waals surface area contributed by atoms with Crippen molar-refractivity contribution in [1.29, 1.82) is 0 Å². The molecule has 2 rings (SSSR count). The summed E-state index contributed by atoms with van der Waals surface area (Å²) in [5.74, 6) is 0.179. The first-order chi connectivity index (χ1) is 16.7. The second kappa shape index (κ2) is 14.3. The second-order valence-electron chi connectivity index (χ2n) is 9.18. The Morgan fingerprint density at radius 2 is 1.54 bits per heavy atom. The third-order valence-corrected chi connectivity index (χ3v) is 5.73. The molecule has 9 nitrogen and oxygen atoms in total. The zero-order chi connectivity index (χ0) is 25.8. The van der Waals surface area contributed by atoms with Crippen molar-refractivity contribution in [2.24, 2.45) is 0 Å². The zero-order valence-electron chi connectivity index (χ0n) is 21.9. The Hall–Kier alpha value is -3.10. The van der Waals surface area contributed by atoms with E-state index in [9.17, 15) is 14.4 Å². The van der Waals surface area contributed by atoms with Crippen molar-refractivity contribution in [2.75, 3.05) is 47.9 Å². The molecule has 194 valence electrons. The van der Waals surface area contributed by atoms with Crippen LogP contribution in [0.25, 0.3) is 0 Å². The van der Waals surface area contributed by atoms with Crippen molar-refractivity contribution in [1.82, 2.24) is 14.9 Å². The van der Waals surface area contributed by atoms with E-state index in [2.05, 4.69) is 49.5 Å². The Morgan fingerprint density at radius 3 is 2.11 bits per heavy atom. The van der Waals surface area contributed by atoms with Gasteiger partial charge < -0.3 is 9.57 Å². The lowest BCUT2D eigenvalue weighted by atomic mass is 10.2. The second-order valence-corrected chi connectivity index (χ2v) is 9.18. The summed E-state index contributed by atoms with van der Waals surface area (Å²) in [6, 6.07) is 6.51. The molecule has 1 aromatic carbocycles. The number of imide groups is 1. The van der Waals surface area contributed by atoms with E-state index in [0.717, 1.165) is 38.8 Å². The first kappa shape index (κ1) is 28.1. The van der Waals surface area contributed by atoms with Crippen molar-refractivity contribution in [2.45, 2.75) is 58.3 Å². The van der Waals surface area contributed by atoms with E-state index in [4.69, 9.17) is 9.57 Å². The molecule has 0 aliphatic carbocycles. The van der Waals surface area contributed by atoms with Gasteiger partial charge in [-0.2, -0.15) is 0 Å². The van der Waals surface area contributed by atoms with E-state index < -0.39 is 17.8 Å². The number of amides is 2. The predicted octanol–water partition coefficient (Wildman–Crippen LogP) is 3.14. The summed E-state index contributed by atoms with van der Waals surface area (Å²) >= 11 is 0. The highest BCUT2D eigenvalue weighted by Gasteiger charge is 2.33. The maximum absolute atomic E-state index is 12.2. The number of benzene rings is 1. The van der Waals surface area contributed by atoms with Crippen LogP contribution in [-0.4, -0.2) is 91.1 Å². The molecular weight excluding hydrogens is 448 g/mol. The molecule has 0 radical (unpaired) electrons. The van der Waals surface area contributed by atoms with E-state index in [1.165, 1.54) is 18.8 Å². The fraction of sp³-hybridized carbons (Fsp3) is 0.615. The molecule has 9 heteroatoms. The Kier molecular flexibility index (Phi) is 11.5. The van der Waals surface area contributed by atoms with Gasteiger partial charge in [0.25, 0.3) is 11.8 Å². The number of unbranched alkanes of at least 4 members (excludes halogenated alkanes) is 4. The molecule has 2 amide bonds. The van der Waals surface area contributed by atoms with Crippen molar-refractivity contribution in [3.05, 3.63) is 29.8 Å². The molecule has 1 saturated heterocycles. The molecule has 0 bridgehead atoms. The van der Waals surface area contributed by atoms with Crippen LogP contribution in [0.5, 0.6) is 5.75 Å². The molecule has 1 fully saturated rings. The van der Waals surface area contributed by atoms with E-state index in [0.29, 0.717) is 17.4 Å². The van der Waals surface area contributed by atoms with Gasteiger partial charge in [0.1, 0.15) is 5.75 Å². The Morgan fingerprint density at radius 1 is 0.943 bits per heavy atom. The highest BCUT2D eigenvalue weighted by molar-refractivity contribution is 6.02. The van der Waals surface area contributed by atoms with Crippen molar-refractivity contribution < 1.29 is 28.5 Å². The molecule has 1 aliphatic rings. The molecule has 1 heterocycles. The summed E-state index contributed by atoms with van der Waals surface area (Å²) in [6.45, 7) is 4.94. The highest BCUT2D eigenvalue weighted by Crippen LogP contribution is 2.17. The van der Waals surface area contributed by atoms with Gasteiger partial charge in [0, 0.05) is 12.8 Å². The first-order valence-electron chi connectivity index (χ1n) is 12.5. The van der Waals surface area contributed by atoms with Crippen LogP contribution in [-0.2, 0) is 14.4 Å². The Balaban J connectivity index is 1.69. The van der Waals surface area contributed by atoms with Gasteiger partial charge in [0.15, 0.2) is 0 Å². The number of nitrogens with zero attached hydrogens (tertiary/aromatic N) is 4. The number of hydrogen-bond donors (Lipinski definition) is 0. The van der Waals surface area contributed by atoms with Crippen LogP contribution in [0.15, 0.2) is 24.3 Å². The van der Waals surface area contributed by atoms with Gasteiger partial charge in [-0.25, -0.2) is 4.79 Å². The minimum Gasteiger partial charge on any atom is -0.494 e. The summed E-state index contributed by atoms with van der Waals surface area (Å²) in [5, 5.41) is 0.551. The summed E-state index contributed by atoms with van der Waals surface area (Å²) in [7, 11) is 8.38. The lowest BCUT2D eigenvalue weighted by Gasteiger charge is -2.25. The van der Waals surface area contributed by atoms with Crippen LogP contribution >= 0.6 is 0 Å². The summed E-state index contributed by atoms with van der Waals surface area (Å²) < 4.78 is 7.97. The smallest absolute Gasteiger partial charge is 0.363 e. The van der Waals surface area contributed by atoms with Crippen LogP contribution in [0, 0.1) is 0 Å². The van der Waals surface area contributed by atoms with Crippen molar-refractivity contribution in [3.8, 4) is 5.75 Å². The molecule has 1 aliphatic heterocycles. The number of carbonyl (C=O) groups is 3. The standard InChI is InChI=1S/C26H41N4O5/c1-6-7-18-29(26(27(2)3)28(4)5)19-10-8-9-11-20-34-22-14-12-21(13-15-22)25(33)35-30-23(31)16-17-24(30)32/h12-15H,6-11,16-20H2,1-5H3/q+1. The van der Waals surface area contributed by atoms with E-state index in [1.807, 2.05) is 0 Å². The molecule has 1 aromatic rings. The maximum Gasteiger partial charge on any atom is 0.363 e. The Bertz CT molecular complexity index is 862. The van der Waals surface area contributed by atoms with Crippen LogP contribution in [0.2, 0.25) is 0 Å². The van der Waals surface area contributed by atoms with Crippen LogP contribution < -0.4 is 4.74 Å². The molecule has 0 spiro atoms. The minimum atomic E-state index is -0.739. The fourth-order valence-electron chi connectivity index (χ4n) is 4.06. The SMILES string of the molecule is CCCCN(CCCCCCOc1ccc(C(=O)ON2C(=O)CCC2=O)cc1)C(N(C)C)=[N+](C)C. The maximum atomic E-state index is 12.2. The lowest BCUT2D eigenvalue weighted by molar-refractivity contribution is -0.476. The van der Waals surface area contributed by atoms with Gasteiger partial charge in [-0.3, -0.25) is 24.0 Å². The predicted molar refractivity (Wildman–Crippen MR) is 134 cm³/mol. The molecule has 35 heavy (non-hydrogen) atoms. The molecule has 0 N–H and O–H groups in total. The van der Waals surface area contributed by atoms with Crippen molar-refractivity contribution >= 4 is 23.7 Å². The van der Waals surface area contributed by atoms with Crippen LogP contribution in [0.4, 0.5) is 0 Å². The molecule has 0 saturated carbocycles. The largest absolute Gasteiger partial charge is 0.494 e. The number of ether oxygens (including phenoxy) is 1. The van der Waals surface area contributed by atoms with Crippen molar-refractivity contribution in [3.63, 3.8) is 0 Å². The third-order valence-electron chi connectivity index (χ3n) is 5.73. The number of rotatable bonds is 13. The number of hydroxylamine groups is 2. The van der Waals surface area contributed by atoms with Gasteiger partial charge >= 0.3 is 11.9 Å². The zero-order valence-corrected chi connectivity index (χ0v) is 21.9. The molecule has 0 unspecified atom stereocenters. The lowest BCUT2D eigenvalue weighted by Crippen LogP contribution is -2.46. The average molecular weight is 490 g/mol. The number of carbonyl (C=O) groups excluding carboxylic acids is 3. The fourth-order valence-corrected chi connectivity index (χ4v) is 4.06. The number of guanidine groups is 1. The summed E-state index contributed by atoms with van der Waals surface area (Å²) in [4.78, 5) is 44.9. The average Bonchev–Trinajstić information content (AvgIpc) is 3.13. The van der Waals surface area contributed by atoms with E-state index in [1.54, 1.807) is 24.3 Å². The monoisotopic (exact) mass is 489 g/mol. The molecule has 0 atom stereocenters. The first-order valence-corrected chi connectivity index (χ1v) is 12.5. The Labute approximate surface area is 209 Å². The minimum absolute atomic E-state index is 0.0711. The summed E-state index contributed by atoms with van der Waals surface area (Å²) in [5.41, 5.74) is 0.254.